The van der Waals surface area contributed by atoms with E-state index in [0.717, 1.165) is 17.1 Å². The predicted octanol–water partition coefficient (Wildman–Crippen LogP) is 5.15. The lowest BCUT2D eigenvalue weighted by Crippen LogP contribution is -1.91. The Kier molecular flexibility index (Phi) is 4.31. The van der Waals surface area contributed by atoms with Gasteiger partial charge in [-0.05, 0) is 48.0 Å². The number of aromatic nitrogens is 1. The molecule has 4 rings (SSSR count). The first-order chi connectivity index (χ1) is 12.8. The van der Waals surface area contributed by atoms with Crippen LogP contribution < -0.4 is 10.2 Å². The molecule has 0 bridgehead atoms. The molecule has 0 aliphatic carbocycles. The number of benzene rings is 2. The fourth-order valence-electron chi connectivity index (χ4n) is 2.62. The highest BCUT2D eigenvalue weighted by atomic mass is 16.5. The van der Waals surface area contributed by atoms with Gasteiger partial charge in [-0.1, -0.05) is 53.7 Å². The predicted molar refractivity (Wildman–Crippen MR) is 102 cm³/mol. The van der Waals surface area contributed by atoms with Gasteiger partial charge in [-0.2, -0.15) is 0 Å². The van der Waals surface area contributed by atoms with Crippen molar-refractivity contribution < 1.29 is 9.26 Å². The van der Waals surface area contributed by atoms with E-state index in [0.29, 0.717) is 11.1 Å². The number of hydrogen-bond acceptors (Lipinski definition) is 4. The molecule has 0 aliphatic rings. The summed E-state index contributed by atoms with van der Waals surface area (Å²) < 4.78 is 11.0. The zero-order valence-corrected chi connectivity index (χ0v) is 13.8. The normalized spacial score (nSPS) is 11.1. The second-order valence-electron chi connectivity index (χ2n) is 5.71. The summed E-state index contributed by atoms with van der Waals surface area (Å²) in [6, 6.07) is 24.1. The van der Waals surface area contributed by atoms with E-state index in [4.69, 9.17) is 9.26 Å². The van der Waals surface area contributed by atoms with Crippen LogP contribution in [0.3, 0.4) is 0 Å². The van der Waals surface area contributed by atoms with Gasteiger partial charge in [0.1, 0.15) is 17.2 Å². The van der Waals surface area contributed by atoms with Crippen LogP contribution >= 0.6 is 0 Å². The van der Waals surface area contributed by atoms with Crippen LogP contribution in [0.1, 0.15) is 11.3 Å². The van der Waals surface area contributed by atoms with Crippen LogP contribution in [0.5, 0.6) is 11.5 Å². The molecule has 1 heterocycles. The molecule has 0 saturated carbocycles. The number of nitrogens with zero attached hydrogens (tertiary/aromatic N) is 1. The van der Waals surface area contributed by atoms with Gasteiger partial charge in [0.05, 0.1) is 5.39 Å². The summed E-state index contributed by atoms with van der Waals surface area (Å²) >= 11 is 0. The Morgan fingerprint density at radius 3 is 2.46 bits per heavy atom. The maximum absolute atomic E-state index is 11.9. The molecule has 26 heavy (non-hydrogen) atoms. The van der Waals surface area contributed by atoms with Gasteiger partial charge < -0.3 is 9.26 Å². The van der Waals surface area contributed by atoms with Gasteiger partial charge in [0, 0.05) is 0 Å². The molecular weight excluding hydrogens is 326 g/mol. The first-order valence-corrected chi connectivity index (χ1v) is 8.19. The second-order valence-corrected chi connectivity index (χ2v) is 5.71. The summed E-state index contributed by atoms with van der Waals surface area (Å²) in [5.41, 5.74) is 1.64. The maximum Gasteiger partial charge on any atom is 0.224 e. The molecule has 0 saturated heterocycles. The van der Waals surface area contributed by atoms with Gasteiger partial charge in [-0.15, -0.1) is 0 Å². The Morgan fingerprint density at radius 1 is 0.808 bits per heavy atom. The minimum absolute atomic E-state index is 0.185. The van der Waals surface area contributed by atoms with Crippen molar-refractivity contribution in [1.29, 1.82) is 0 Å². The van der Waals surface area contributed by atoms with Crippen LogP contribution in [-0.4, -0.2) is 5.16 Å². The SMILES string of the molecule is O=c1ccccc2c(C=Cc3cccc(Oc4ccccc4)c3)noc12. The number of fused-ring (bicyclic) bond motifs is 1. The molecule has 1 aromatic heterocycles. The number of rotatable bonds is 4. The van der Waals surface area contributed by atoms with Gasteiger partial charge >= 0.3 is 0 Å². The quantitative estimate of drug-likeness (QED) is 0.515. The van der Waals surface area contributed by atoms with Crippen molar-refractivity contribution in [2.75, 3.05) is 0 Å². The summed E-state index contributed by atoms with van der Waals surface area (Å²) in [7, 11) is 0. The van der Waals surface area contributed by atoms with E-state index in [1.165, 1.54) is 6.07 Å². The zero-order chi connectivity index (χ0) is 17.8. The monoisotopic (exact) mass is 341 g/mol. The van der Waals surface area contributed by atoms with Crippen molar-refractivity contribution in [3.8, 4) is 11.5 Å². The smallest absolute Gasteiger partial charge is 0.224 e. The van der Waals surface area contributed by atoms with Crippen LogP contribution in [-0.2, 0) is 0 Å². The Morgan fingerprint density at radius 2 is 1.58 bits per heavy atom. The largest absolute Gasteiger partial charge is 0.457 e. The highest BCUT2D eigenvalue weighted by molar-refractivity contribution is 5.87. The molecule has 4 aromatic rings. The summed E-state index contributed by atoms with van der Waals surface area (Å²) in [6.07, 6.45) is 3.74. The first-order valence-electron chi connectivity index (χ1n) is 8.19. The van der Waals surface area contributed by atoms with Gasteiger partial charge in [-0.3, -0.25) is 4.79 Å². The van der Waals surface area contributed by atoms with Crippen molar-refractivity contribution in [2.24, 2.45) is 0 Å². The van der Waals surface area contributed by atoms with Crippen molar-refractivity contribution >= 4 is 23.1 Å². The molecule has 0 fully saturated rings. The van der Waals surface area contributed by atoms with E-state index in [9.17, 15) is 4.79 Å². The van der Waals surface area contributed by atoms with Crippen LogP contribution in [0.25, 0.3) is 23.1 Å². The molecular formula is C22H15NO3. The van der Waals surface area contributed by atoms with Gasteiger partial charge in [0.25, 0.3) is 0 Å². The Labute approximate surface area is 150 Å². The molecule has 0 spiro atoms. The molecule has 0 aliphatic heterocycles. The average Bonchev–Trinajstić information content (AvgIpc) is 2.98. The standard InChI is InChI=1S/C22H15NO3/c24-21-12-5-4-11-19-20(23-26-22(19)21)14-13-16-7-6-10-18(15-16)25-17-8-2-1-3-9-17/h1-15H. The Hall–Kier alpha value is -3.66. The fraction of sp³-hybridized carbons (Fsp3) is 0. The number of para-hydroxylation sites is 1. The Bertz CT molecular complexity index is 1130. The van der Waals surface area contributed by atoms with E-state index in [2.05, 4.69) is 5.16 Å². The van der Waals surface area contributed by atoms with Crippen molar-refractivity contribution in [1.82, 2.24) is 5.16 Å². The third-order valence-electron chi connectivity index (χ3n) is 3.87. The fourth-order valence-corrected chi connectivity index (χ4v) is 2.62. The van der Waals surface area contributed by atoms with Crippen LogP contribution in [0.15, 0.2) is 88.2 Å². The van der Waals surface area contributed by atoms with E-state index in [1.54, 1.807) is 12.1 Å². The van der Waals surface area contributed by atoms with Crippen molar-refractivity contribution in [2.45, 2.75) is 0 Å². The van der Waals surface area contributed by atoms with Crippen molar-refractivity contribution in [3.63, 3.8) is 0 Å². The van der Waals surface area contributed by atoms with E-state index in [1.807, 2.05) is 72.8 Å². The van der Waals surface area contributed by atoms with E-state index >= 15 is 0 Å². The molecule has 126 valence electrons. The second kappa shape index (κ2) is 7.07. The van der Waals surface area contributed by atoms with Crippen LogP contribution in [0.2, 0.25) is 0 Å². The average molecular weight is 341 g/mol. The molecule has 4 nitrogen and oxygen atoms in total. The number of hydrogen-bond donors (Lipinski definition) is 0. The molecule has 0 amide bonds. The Balaban J connectivity index is 1.62. The maximum atomic E-state index is 11.9. The molecule has 0 N–H and O–H groups in total. The molecule has 0 atom stereocenters. The van der Waals surface area contributed by atoms with Gasteiger partial charge in [0.2, 0.25) is 11.0 Å². The van der Waals surface area contributed by atoms with Crippen LogP contribution in [0, 0.1) is 0 Å². The molecule has 3 aromatic carbocycles. The van der Waals surface area contributed by atoms with Crippen molar-refractivity contribution in [3.05, 3.63) is 100 Å². The molecule has 4 heteroatoms. The summed E-state index contributed by atoms with van der Waals surface area (Å²) in [5.74, 6) is 1.53. The third-order valence-corrected chi connectivity index (χ3v) is 3.87. The highest BCUT2D eigenvalue weighted by Crippen LogP contribution is 2.23. The lowest BCUT2D eigenvalue weighted by molar-refractivity contribution is 0.453. The zero-order valence-electron chi connectivity index (χ0n) is 13.8. The minimum Gasteiger partial charge on any atom is -0.457 e. The van der Waals surface area contributed by atoms with E-state index < -0.39 is 0 Å². The minimum atomic E-state index is -0.185. The highest BCUT2D eigenvalue weighted by Gasteiger charge is 2.06. The molecule has 0 unspecified atom stereocenters. The van der Waals surface area contributed by atoms with Crippen LogP contribution in [0.4, 0.5) is 0 Å². The number of ether oxygens (including phenoxy) is 1. The first kappa shape index (κ1) is 15.8. The van der Waals surface area contributed by atoms with E-state index in [-0.39, 0.29) is 11.0 Å². The lowest BCUT2D eigenvalue weighted by atomic mass is 10.1. The third kappa shape index (κ3) is 3.39. The van der Waals surface area contributed by atoms with Gasteiger partial charge in [-0.25, -0.2) is 0 Å². The summed E-state index contributed by atoms with van der Waals surface area (Å²) in [5, 5.41) is 4.68. The lowest BCUT2D eigenvalue weighted by Gasteiger charge is -2.05. The summed E-state index contributed by atoms with van der Waals surface area (Å²) in [6.45, 7) is 0. The topological polar surface area (TPSA) is 52.3 Å². The molecule has 0 radical (unpaired) electrons. The summed E-state index contributed by atoms with van der Waals surface area (Å²) in [4.78, 5) is 11.9. The van der Waals surface area contributed by atoms with Gasteiger partial charge in [0.15, 0.2) is 0 Å².